The molecule has 4 heterocycles. The van der Waals surface area contributed by atoms with Gasteiger partial charge in [-0.1, -0.05) is 13.0 Å². The number of nitrogens with two attached hydrogens (primary N) is 2. The lowest BCUT2D eigenvalue weighted by Crippen LogP contribution is -2.42. The van der Waals surface area contributed by atoms with Gasteiger partial charge in [0.1, 0.15) is 5.82 Å². The first-order chi connectivity index (χ1) is 14.5. The van der Waals surface area contributed by atoms with Gasteiger partial charge < -0.3 is 21.3 Å². The number of aromatic nitrogens is 4. The number of benzene rings is 1. The SMILES string of the molecule is CC1(CN)CCN(c2cnc3c(N4CCc5c(C(N)=O)cccc54)n[nH]c3n2)CC1. The van der Waals surface area contributed by atoms with Crippen LogP contribution in [0.15, 0.2) is 24.4 Å². The minimum Gasteiger partial charge on any atom is -0.366 e. The van der Waals surface area contributed by atoms with E-state index in [-0.39, 0.29) is 5.41 Å². The fraction of sp³-hybridized carbons (Fsp3) is 0.429. The van der Waals surface area contributed by atoms with Crippen molar-refractivity contribution >= 4 is 34.4 Å². The number of carbonyl (C=O) groups is 1. The molecule has 0 unspecified atom stereocenters. The molecule has 0 aliphatic carbocycles. The van der Waals surface area contributed by atoms with Crippen molar-refractivity contribution in [1.82, 2.24) is 20.2 Å². The number of H-pyrrole nitrogens is 1. The summed E-state index contributed by atoms with van der Waals surface area (Å²) in [6.45, 7) is 5.52. The van der Waals surface area contributed by atoms with Gasteiger partial charge in [-0.3, -0.25) is 9.89 Å². The molecule has 0 spiro atoms. The third kappa shape index (κ3) is 2.97. The summed E-state index contributed by atoms with van der Waals surface area (Å²) in [6.07, 6.45) is 4.65. The van der Waals surface area contributed by atoms with E-state index in [4.69, 9.17) is 21.4 Å². The van der Waals surface area contributed by atoms with Gasteiger partial charge in [0.15, 0.2) is 17.0 Å². The first-order valence-corrected chi connectivity index (χ1v) is 10.3. The minimum absolute atomic E-state index is 0.210. The summed E-state index contributed by atoms with van der Waals surface area (Å²) in [6, 6.07) is 5.61. The van der Waals surface area contributed by atoms with Crippen LogP contribution in [0.3, 0.4) is 0 Å². The van der Waals surface area contributed by atoms with Gasteiger partial charge in [-0.05, 0) is 48.9 Å². The number of rotatable bonds is 4. The maximum absolute atomic E-state index is 11.8. The maximum Gasteiger partial charge on any atom is 0.249 e. The van der Waals surface area contributed by atoms with Gasteiger partial charge in [-0.15, -0.1) is 0 Å². The average molecular weight is 406 g/mol. The van der Waals surface area contributed by atoms with Crippen LogP contribution in [-0.2, 0) is 6.42 Å². The Labute approximate surface area is 174 Å². The van der Waals surface area contributed by atoms with E-state index in [0.717, 1.165) is 60.8 Å². The van der Waals surface area contributed by atoms with Crippen LogP contribution in [0.25, 0.3) is 11.2 Å². The highest BCUT2D eigenvalue weighted by molar-refractivity contribution is 5.97. The molecule has 1 saturated heterocycles. The van der Waals surface area contributed by atoms with Crippen molar-refractivity contribution in [2.45, 2.75) is 26.2 Å². The maximum atomic E-state index is 11.8. The van der Waals surface area contributed by atoms with Crippen molar-refractivity contribution in [2.75, 3.05) is 36.0 Å². The number of piperidine rings is 1. The second-order valence-corrected chi connectivity index (χ2v) is 8.54. The molecule has 1 fully saturated rings. The molecule has 5 N–H and O–H groups in total. The van der Waals surface area contributed by atoms with Gasteiger partial charge in [-0.25, -0.2) is 9.97 Å². The number of primary amides is 1. The molecule has 2 aliphatic heterocycles. The van der Waals surface area contributed by atoms with Crippen molar-refractivity contribution in [3.8, 4) is 0 Å². The van der Waals surface area contributed by atoms with Crippen LogP contribution in [0.4, 0.5) is 17.3 Å². The number of carbonyl (C=O) groups excluding carboxylic acids is 1. The highest BCUT2D eigenvalue weighted by Gasteiger charge is 2.30. The zero-order valence-electron chi connectivity index (χ0n) is 17.1. The monoisotopic (exact) mass is 406 g/mol. The Hall–Kier alpha value is -3.20. The molecule has 2 aliphatic rings. The van der Waals surface area contributed by atoms with E-state index in [1.807, 2.05) is 18.3 Å². The highest BCUT2D eigenvalue weighted by atomic mass is 16.1. The summed E-state index contributed by atoms with van der Waals surface area (Å²) < 4.78 is 0. The van der Waals surface area contributed by atoms with E-state index >= 15 is 0 Å². The first-order valence-electron chi connectivity index (χ1n) is 10.3. The molecule has 0 saturated carbocycles. The standard InChI is InChI=1S/C21H26N8O/c1-21(12-22)6-9-28(10-7-21)16-11-24-17-19(25-16)26-27-20(17)29-8-5-13-14(18(23)30)3-2-4-15(13)29/h2-4,11H,5-10,12,22H2,1H3,(H2,23,30)(H,25,26,27). The molecule has 5 rings (SSSR count). The Kier molecular flexibility index (Phi) is 4.35. The molecular formula is C21H26N8O. The Balaban J connectivity index is 1.44. The quantitative estimate of drug-likeness (QED) is 0.601. The first kappa shape index (κ1) is 18.8. The van der Waals surface area contributed by atoms with Gasteiger partial charge in [-0.2, -0.15) is 5.10 Å². The van der Waals surface area contributed by atoms with Crippen LogP contribution in [0.2, 0.25) is 0 Å². The Bertz CT molecular complexity index is 1120. The zero-order valence-corrected chi connectivity index (χ0v) is 17.1. The van der Waals surface area contributed by atoms with Gasteiger partial charge in [0.25, 0.3) is 0 Å². The minimum atomic E-state index is -0.405. The summed E-state index contributed by atoms with van der Waals surface area (Å²) in [7, 11) is 0. The molecule has 1 aromatic carbocycles. The van der Waals surface area contributed by atoms with E-state index in [9.17, 15) is 4.79 Å². The lowest BCUT2D eigenvalue weighted by Gasteiger charge is -2.39. The number of aromatic amines is 1. The summed E-state index contributed by atoms with van der Waals surface area (Å²) in [5.74, 6) is 1.17. The van der Waals surface area contributed by atoms with Crippen LogP contribution in [0, 0.1) is 5.41 Å². The Morgan fingerprint density at radius 3 is 2.80 bits per heavy atom. The second-order valence-electron chi connectivity index (χ2n) is 8.54. The number of anilines is 3. The van der Waals surface area contributed by atoms with Crippen LogP contribution in [-0.4, -0.2) is 52.3 Å². The van der Waals surface area contributed by atoms with Crippen molar-refractivity contribution in [1.29, 1.82) is 0 Å². The molecule has 30 heavy (non-hydrogen) atoms. The molecule has 0 atom stereocenters. The molecule has 9 nitrogen and oxygen atoms in total. The Morgan fingerprint density at radius 1 is 1.27 bits per heavy atom. The number of hydrogen-bond acceptors (Lipinski definition) is 7. The fourth-order valence-corrected chi connectivity index (χ4v) is 4.49. The average Bonchev–Trinajstić information content (AvgIpc) is 3.37. The molecular weight excluding hydrogens is 380 g/mol. The summed E-state index contributed by atoms with van der Waals surface area (Å²) in [5, 5.41) is 7.53. The fourth-order valence-electron chi connectivity index (χ4n) is 4.49. The van der Waals surface area contributed by atoms with Crippen molar-refractivity contribution in [3.05, 3.63) is 35.5 Å². The molecule has 0 bridgehead atoms. The van der Waals surface area contributed by atoms with Crippen LogP contribution < -0.4 is 21.3 Å². The van der Waals surface area contributed by atoms with Crippen LogP contribution in [0.5, 0.6) is 0 Å². The predicted octanol–water partition coefficient (Wildman–Crippen LogP) is 1.71. The van der Waals surface area contributed by atoms with Gasteiger partial charge in [0.2, 0.25) is 5.91 Å². The summed E-state index contributed by atoms with van der Waals surface area (Å²) in [5.41, 5.74) is 15.5. The topological polar surface area (TPSA) is 130 Å². The van der Waals surface area contributed by atoms with E-state index in [1.165, 1.54) is 0 Å². The van der Waals surface area contributed by atoms with Crippen LogP contribution in [0.1, 0.15) is 35.7 Å². The van der Waals surface area contributed by atoms with E-state index in [0.29, 0.717) is 24.3 Å². The molecule has 156 valence electrons. The van der Waals surface area contributed by atoms with E-state index in [2.05, 4.69) is 26.9 Å². The van der Waals surface area contributed by atoms with Gasteiger partial charge >= 0.3 is 0 Å². The zero-order chi connectivity index (χ0) is 20.9. The van der Waals surface area contributed by atoms with Gasteiger partial charge in [0, 0.05) is 30.9 Å². The second kappa shape index (κ2) is 6.94. The lowest BCUT2D eigenvalue weighted by atomic mass is 9.80. The third-order valence-corrected chi connectivity index (χ3v) is 6.58. The smallest absolute Gasteiger partial charge is 0.249 e. The van der Waals surface area contributed by atoms with E-state index in [1.54, 1.807) is 6.07 Å². The highest BCUT2D eigenvalue weighted by Crippen LogP contribution is 2.38. The number of fused-ring (bicyclic) bond motifs is 2. The molecule has 3 aromatic rings. The molecule has 1 amide bonds. The summed E-state index contributed by atoms with van der Waals surface area (Å²) in [4.78, 5) is 25.6. The number of hydrogen-bond donors (Lipinski definition) is 3. The molecule has 2 aromatic heterocycles. The van der Waals surface area contributed by atoms with Crippen molar-refractivity contribution in [3.63, 3.8) is 0 Å². The molecule has 9 heteroatoms. The predicted molar refractivity (Wildman–Crippen MR) is 116 cm³/mol. The van der Waals surface area contributed by atoms with Crippen molar-refractivity contribution < 1.29 is 4.79 Å². The van der Waals surface area contributed by atoms with Crippen molar-refractivity contribution in [2.24, 2.45) is 16.9 Å². The number of amides is 1. The lowest BCUT2D eigenvalue weighted by molar-refractivity contribution is 0.0999. The van der Waals surface area contributed by atoms with Gasteiger partial charge in [0.05, 0.1) is 6.20 Å². The number of nitrogens with one attached hydrogen (secondary N) is 1. The van der Waals surface area contributed by atoms with Crippen LogP contribution >= 0.6 is 0 Å². The van der Waals surface area contributed by atoms with E-state index < -0.39 is 5.91 Å². The Morgan fingerprint density at radius 2 is 2.07 bits per heavy atom. The summed E-state index contributed by atoms with van der Waals surface area (Å²) >= 11 is 0. The number of nitrogens with zero attached hydrogens (tertiary/aromatic N) is 5. The third-order valence-electron chi connectivity index (χ3n) is 6.58. The molecule has 0 radical (unpaired) electrons. The normalized spacial score (nSPS) is 18.1. The largest absolute Gasteiger partial charge is 0.366 e.